The Kier molecular flexibility index (Phi) is 5.69. The van der Waals surface area contributed by atoms with Gasteiger partial charge in [0.25, 0.3) is 0 Å². The van der Waals surface area contributed by atoms with E-state index in [0.717, 1.165) is 13.0 Å². The van der Waals surface area contributed by atoms with Crippen LogP contribution in [0.15, 0.2) is 6.07 Å². The van der Waals surface area contributed by atoms with E-state index in [1.54, 1.807) is 6.07 Å². The molecule has 0 radical (unpaired) electrons. The molecule has 18 heavy (non-hydrogen) atoms. The molecule has 1 heterocycles. The van der Waals surface area contributed by atoms with Crippen molar-refractivity contribution in [1.29, 1.82) is 0 Å². The Labute approximate surface area is 107 Å². The highest BCUT2D eigenvalue weighted by Gasteiger charge is 2.01. The maximum atomic E-state index is 10.7. The Bertz CT molecular complexity index is 395. The number of carbonyl (C=O) groups is 1. The summed E-state index contributed by atoms with van der Waals surface area (Å²) in [6, 6.07) is 1.79. The minimum absolute atomic E-state index is 0.0516. The van der Waals surface area contributed by atoms with Crippen LogP contribution < -0.4 is 21.7 Å². The van der Waals surface area contributed by atoms with Crippen LogP contribution in [0.25, 0.3) is 0 Å². The standard InChI is InChI=1S/C11H20N6O/c1-3-4-14-9-7-10(17-11(12)16-9)15-6-5-13-8(2)18/h7H,3-6H2,1-2H3,(H,13,18)(H4,12,14,15,16,17). The van der Waals surface area contributed by atoms with Gasteiger partial charge in [-0.05, 0) is 6.42 Å². The number of hydrogen-bond acceptors (Lipinski definition) is 6. The normalized spacial score (nSPS) is 9.89. The van der Waals surface area contributed by atoms with E-state index < -0.39 is 0 Å². The van der Waals surface area contributed by atoms with Crippen molar-refractivity contribution in [2.24, 2.45) is 0 Å². The minimum atomic E-state index is -0.0516. The van der Waals surface area contributed by atoms with Gasteiger partial charge in [0, 0.05) is 32.6 Å². The number of rotatable bonds is 7. The molecule has 0 aliphatic carbocycles. The first-order chi connectivity index (χ1) is 8.61. The Morgan fingerprint density at radius 1 is 1.22 bits per heavy atom. The summed E-state index contributed by atoms with van der Waals surface area (Å²) in [6.45, 7) is 5.52. The molecule has 0 saturated carbocycles. The van der Waals surface area contributed by atoms with Crippen molar-refractivity contribution in [1.82, 2.24) is 15.3 Å². The van der Waals surface area contributed by atoms with E-state index in [-0.39, 0.29) is 11.9 Å². The zero-order chi connectivity index (χ0) is 13.4. The lowest BCUT2D eigenvalue weighted by atomic mass is 10.4. The third-order valence-corrected chi connectivity index (χ3v) is 2.10. The summed E-state index contributed by atoms with van der Waals surface area (Å²) < 4.78 is 0. The molecule has 0 fully saturated rings. The summed E-state index contributed by atoms with van der Waals surface area (Å²) in [7, 11) is 0. The molecule has 0 aliphatic heterocycles. The number of carbonyl (C=O) groups excluding carboxylic acids is 1. The fourth-order valence-corrected chi connectivity index (χ4v) is 1.33. The lowest BCUT2D eigenvalue weighted by Gasteiger charge is -2.09. The molecule has 7 heteroatoms. The highest BCUT2D eigenvalue weighted by atomic mass is 16.1. The molecule has 1 rings (SSSR count). The Morgan fingerprint density at radius 2 is 1.83 bits per heavy atom. The number of nitrogens with two attached hydrogens (primary N) is 1. The molecule has 0 bridgehead atoms. The zero-order valence-corrected chi connectivity index (χ0v) is 10.8. The molecule has 0 atom stereocenters. The molecule has 0 spiro atoms. The molecule has 100 valence electrons. The molecular weight excluding hydrogens is 232 g/mol. The van der Waals surface area contributed by atoms with Gasteiger partial charge in [-0.25, -0.2) is 0 Å². The van der Waals surface area contributed by atoms with Crippen molar-refractivity contribution in [2.75, 3.05) is 36.0 Å². The zero-order valence-electron chi connectivity index (χ0n) is 10.8. The minimum Gasteiger partial charge on any atom is -0.370 e. The largest absolute Gasteiger partial charge is 0.370 e. The van der Waals surface area contributed by atoms with E-state index in [2.05, 4.69) is 32.8 Å². The first kappa shape index (κ1) is 14.0. The lowest BCUT2D eigenvalue weighted by molar-refractivity contribution is -0.118. The SMILES string of the molecule is CCCNc1cc(NCCNC(C)=O)nc(N)n1. The number of anilines is 3. The van der Waals surface area contributed by atoms with Crippen LogP contribution in [-0.2, 0) is 4.79 Å². The average molecular weight is 252 g/mol. The molecule has 1 aromatic rings. The summed E-state index contributed by atoms with van der Waals surface area (Å²) in [4.78, 5) is 18.8. The fourth-order valence-electron chi connectivity index (χ4n) is 1.33. The van der Waals surface area contributed by atoms with Crippen molar-refractivity contribution < 1.29 is 4.79 Å². The van der Waals surface area contributed by atoms with E-state index in [0.29, 0.717) is 24.7 Å². The summed E-state index contributed by atoms with van der Waals surface area (Å²) >= 11 is 0. The van der Waals surface area contributed by atoms with Gasteiger partial charge < -0.3 is 21.7 Å². The highest BCUT2D eigenvalue weighted by molar-refractivity contribution is 5.72. The fraction of sp³-hybridized carbons (Fsp3) is 0.545. The quantitative estimate of drug-likeness (QED) is 0.524. The summed E-state index contributed by atoms with van der Waals surface area (Å²) in [5.41, 5.74) is 5.61. The van der Waals surface area contributed by atoms with E-state index in [4.69, 9.17) is 5.73 Å². The van der Waals surface area contributed by atoms with Gasteiger partial charge in [-0.3, -0.25) is 4.79 Å². The molecule has 1 aromatic heterocycles. The van der Waals surface area contributed by atoms with Crippen molar-refractivity contribution in [3.8, 4) is 0 Å². The summed E-state index contributed by atoms with van der Waals surface area (Å²) in [6.07, 6.45) is 1.01. The molecule has 7 nitrogen and oxygen atoms in total. The van der Waals surface area contributed by atoms with E-state index >= 15 is 0 Å². The molecule has 1 amide bonds. The third kappa shape index (κ3) is 5.33. The number of nitrogen functional groups attached to an aromatic ring is 1. The molecule has 5 N–H and O–H groups in total. The second-order valence-corrected chi connectivity index (χ2v) is 3.83. The van der Waals surface area contributed by atoms with Crippen LogP contribution in [0.5, 0.6) is 0 Å². The molecule has 0 unspecified atom stereocenters. The van der Waals surface area contributed by atoms with Gasteiger partial charge in [-0.2, -0.15) is 9.97 Å². The lowest BCUT2D eigenvalue weighted by Crippen LogP contribution is -2.26. The Morgan fingerprint density at radius 3 is 2.39 bits per heavy atom. The topological polar surface area (TPSA) is 105 Å². The first-order valence-corrected chi connectivity index (χ1v) is 5.98. The van der Waals surface area contributed by atoms with Gasteiger partial charge in [0.2, 0.25) is 11.9 Å². The number of hydrogen-bond donors (Lipinski definition) is 4. The van der Waals surface area contributed by atoms with Crippen LogP contribution in [0.2, 0.25) is 0 Å². The predicted molar refractivity (Wildman–Crippen MR) is 72.4 cm³/mol. The maximum Gasteiger partial charge on any atom is 0.223 e. The monoisotopic (exact) mass is 252 g/mol. The van der Waals surface area contributed by atoms with Gasteiger partial charge in [0.05, 0.1) is 0 Å². The first-order valence-electron chi connectivity index (χ1n) is 5.98. The van der Waals surface area contributed by atoms with Gasteiger partial charge in [-0.15, -0.1) is 0 Å². The average Bonchev–Trinajstić information content (AvgIpc) is 2.31. The Balaban J connectivity index is 2.48. The second-order valence-electron chi connectivity index (χ2n) is 3.83. The molecule has 0 aliphatic rings. The highest BCUT2D eigenvalue weighted by Crippen LogP contribution is 2.11. The number of nitrogens with zero attached hydrogens (tertiary/aromatic N) is 2. The van der Waals surface area contributed by atoms with E-state index in [9.17, 15) is 4.79 Å². The van der Waals surface area contributed by atoms with Gasteiger partial charge >= 0.3 is 0 Å². The van der Waals surface area contributed by atoms with Crippen LogP contribution in [0.4, 0.5) is 17.6 Å². The van der Waals surface area contributed by atoms with Crippen molar-refractivity contribution in [3.05, 3.63) is 6.07 Å². The van der Waals surface area contributed by atoms with Crippen molar-refractivity contribution in [2.45, 2.75) is 20.3 Å². The molecule has 0 aromatic carbocycles. The number of amides is 1. The predicted octanol–water partition coefficient (Wildman–Crippen LogP) is 0.429. The van der Waals surface area contributed by atoms with Crippen molar-refractivity contribution in [3.63, 3.8) is 0 Å². The van der Waals surface area contributed by atoms with E-state index in [1.807, 2.05) is 0 Å². The molecular formula is C11H20N6O. The smallest absolute Gasteiger partial charge is 0.223 e. The van der Waals surface area contributed by atoms with Crippen LogP contribution in [-0.4, -0.2) is 35.5 Å². The van der Waals surface area contributed by atoms with Gasteiger partial charge in [0.1, 0.15) is 11.6 Å². The maximum absolute atomic E-state index is 10.7. The number of aromatic nitrogens is 2. The summed E-state index contributed by atoms with van der Waals surface area (Å²) in [5, 5.41) is 8.90. The van der Waals surface area contributed by atoms with Crippen LogP contribution in [0.1, 0.15) is 20.3 Å². The third-order valence-electron chi connectivity index (χ3n) is 2.10. The second kappa shape index (κ2) is 7.31. The van der Waals surface area contributed by atoms with Crippen LogP contribution >= 0.6 is 0 Å². The number of nitrogens with one attached hydrogen (secondary N) is 3. The molecule has 0 saturated heterocycles. The van der Waals surface area contributed by atoms with Gasteiger partial charge in [0.15, 0.2) is 0 Å². The van der Waals surface area contributed by atoms with E-state index in [1.165, 1.54) is 6.92 Å². The van der Waals surface area contributed by atoms with Crippen molar-refractivity contribution >= 4 is 23.5 Å². The van der Waals surface area contributed by atoms with Gasteiger partial charge in [-0.1, -0.05) is 6.92 Å². The summed E-state index contributed by atoms with van der Waals surface area (Å²) in [5.74, 6) is 1.51. The Hall–Kier alpha value is -2.05. The van der Waals surface area contributed by atoms with Crippen LogP contribution in [0.3, 0.4) is 0 Å². The van der Waals surface area contributed by atoms with Crippen LogP contribution in [0, 0.1) is 0 Å².